The highest BCUT2D eigenvalue weighted by molar-refractivity contribution is 5.79. The largest absolute Gasteiger partial charge is 0.506 e. The van der Waals surface area contributed by atoms with Crippen LogP contribution < -0.4 is 5.73 Å². The van der Waals surface area contributed by atoms with Gasteiger partial charge in [-0.1, -0.05) is 13.8 Å². The van der Waals surface area contributed by atoms with Gasteiger partial charge in [0, 0.05) is 23.5 Å². The van der Waals surface area contributed by atoms with Gasteiger partial charge in [-0.25, -0.2) is 9.97 Å². The summed E-state index contributed by atoms with van der Waals surface area (Å²) in [5.74, 6) is 0.794. The molecule has 116 valence electrons. The standard InChI is InChI=1S/C18H18N4O/c1-18(2)9-12-11(15-14(18)17(19)21-10-20-15)5-6-13(23)16(12)22-7-3-4-8-22/h3-8,10,23H,9H2,1-2H3,(H2,19,20,21). The number of phenols is 1. The van der Waals surface area contributed by atoms with Crippen molar-refractivity contribution >= 4 is 5.82 Å². The Balaban J connectivity index is 2.08. The molecule has 0 aliphatic heterocycles. The van der Waals surface area contributed by atoms with E-state index >= 15 is 0 Å². The summed E-state index contributed by atoms with van der Waals surface area (Å²) >= 11 is 0. The van der Waals surface area contributed by atoms with E-state index in [0.717, 1.165) is 34.5 Å². The quantitative estimate of drug-likeness (QED) is 0.724. The molecule has 0 amide bonds. The van der Waals surface area contributed by atoms with Crippen LogP contribution in [0, 0.1) is 0 Å². The third kappa shape index (κ3) is 1.93. The minimum absolute atomic E-state index is 0.205. The zero-order valence-electron chi connectivity index (χ0n) is 13.1. The van der Waals surface area contributed by atoms with E-state index in [1.165, 1.54) is 6.33 Å². The third-order valence-corrected chi connectivity index (χ3v) is 4.55. The highest BCUT2D eigenvalue weighted by Gasteiger charge is 2.36. The smallest absolute Gasteiger partial charge is 0.139 e. The van der Waals surface area contributed by atoms with Crippen LogP contribution in [-0.2, 0) is 11.8 Å². The lowest BCUT2D eigenvalue weighted by Crippen LogP contribution is -2.29. The Kier molecular flexibility index (Phi) is 2.75. The Bertz CT molecular complexity index is 898. The molecule has 5 nitrogen and oxygen atoms in total. The Labute approximate surface area is 134 Å². The highest BCUT2D eigenvalue weighted by Crippen LogP contribution is 2.47. The fourth-order valence-electron chi connectivity index (χ4n) is 3.60. The van der Waals surface area contributed by atoms with Crippen LogP contribution in [-0.4, -0.2) is 19.6 Å². The predicted molar refractivity (Wildman–Crippen MR) is 89.6 cm³/mol. The summed E-state index contributed by atoms with van der Waals surface area (Å²) in [5.41, 5.74) is 10.7. The van der Waals surface area contributed by atoms with Crippen LogP contribution in [0.4, 0.5) is 5.82 Å². The summed E-state index contributed by atoms with van der Waals surface area (Å²) in [6.45, 7) is 4.27. The number of rotatable bonds is 1. The van der Waals surface area contributed by atoms with Gasteiger partial charge in [-0.2, -0.15) is 0 Å². The van der Waals surface area contributed by atoms with Crippen LogP contribution in [0.5, 0.6) is 5.75 Å². The van der Waals surface area contributed by atoms with Crippen molar-refractivity contribution < 1.29 is 5.11 Å². The van der Waals surface area contributed by atoms with Crippen molar-refractivity contribution in [3.63, 3.8) is 0 Å². The average Bonchev–Trinajstić information content (AvgIpc) is 3.00. The lowest BCUT2D eigenvalue weighted by molar-refractivity contribution is 0.467. The zero-order chi connectivity index (χ0) is 16.2. The first-order chi connectivity index (χ1) is 11.0. The van der Waals surface area contributed by atoms with Gasteiger partial charge in [-0.15, -0.1) is 0 Å². The van der Waals surface area contributed by atoms with E-state index in [2.05, 4.69) is 23.8 Å². The van der Waals surface area contributed by atoms with Crippen molar-refractivity contribution in [3.05, 3.63) is 54.1 Å². The van der Waals surface area contributed by atoms with E-state index in [-0.39, 0.29) is 11.2 Å². The second kappa shape index (κ2) is 4.59. The molecule has 0 unspecified atom stereocenters. The lowest BCUT2D eigenvalue weighted by atomic mass is 9.71. The summed E-state index contributed by atoms with van der Waals surface area (Å²) in [6.07, 6.45) is 6.13. The second-order valence-corrected chi connectivity index (χ2v) is 6.59. The number of phenolic OH excluding ortho intramolecular Hbond substituents is 1. The van der Waals surface area contributed by atoms with Crippen molar-refractivity contribution in [1.29, 1.82) is 0 Å². The molecule has 0 bridgehead atoms. The Morgan fingerprint density at radius 3 is 2.65 bits per heavy atom. The first kappa shape index (κ1) is 13.8. The SMILES string of the molecule is CC1(C)Cc2c(ccc(O)c2-n2cccc2)-c2ncnc(N)c21. The van der Waals surface area contributed by atoms with E-state index in [9.17, 15) is 5.11 Å². The molecule has 0 saturated carbocycles. The van der Waals surface area contributed by atoms with Crippen LogP contribution in [0.1, 0.15) is 25.0 Å². The van der Waals surface area contributed by atoms with E-state index < -0.39 is 0 Å². The van der Waals surface area contributed by atoms with E-state index in [1.807, 2.05) is 35.2 Å². The highest BCUT2D eigenvalue weighted by atomic mass is 16.3. The molecule has 0 fully saturated rings. The summed E-state index contributed by atoms with van der Waals surface area (Å²) in [6, 6.07) is 7.52. The Morgan fingerprint density at radius 1 is 1.17 bits per heavy atom. The molecule has 2 heterocycles. The average molecular weight is 306 g/mol. The zero-order valence-corrected chi connectivity index (χ0v) is 13.1. The normalized spacial score (nSPS) is 15.0. The molecule has 0 saturated heterocycles. The number of hydrogen-bond donors (Lipinski definition) is 2. The predicted octanol–water partition coefficient (Wildman–Crippen LogP) is 3.06. The van der Waals surface area contributed by atoms with E-state index in [1.54, 1.807) is 6.07 Å². The molecule has 23 heavy (non-hydrogen) atoms. The van der Waals surface area contributed by atoms with Crippen molar-refractivity contribution in [2.24, 2.45) is 0 Å². The summed E-state index contributed by atoms with van der Waals surface area (Å²) in [5, 5.41) is 10.4. The molecular weight excluding hydrogens is 288 g/mol. The lowest BCUT2D eigenvalue weighted by Gasteiger charge is -2.35. The molecular formula is C18H18N4O. The maximum Gasteiger partial charge on any atom is 0.139 e. The molecule has 0 atom stereocenters. The second-order valence-electron chi connectivity index (χ2n) is 6.59. The number of nitrogens with zero attached hydrogens (tertiary/aromatic N) is 3. The van der Waals surface area contributed by atoms with Gasteiger partial charge >= 0.3 is 0 Å². The van der Waals surface area contributed by atoms with Gasteiger partial charge in [0.05, 0.1) is 11.4 Å². The van der Waals surface area contributed by atoms with Crippen LogP contribution in [0.3, 0.4) is 0 Å². The summed E-state index contributed by atoms with van der Waals surface area (Å²) < 4.78 is 1.94. The van der Waals surface area contributed by atoms with Crippen LogP contribution in [0.25, 0.3) is 16.9 Å². The number of nitrogens with two attached hydrogens (primary N) is 1. The molecule has 5 heteroatoms. The van der Waals surface area contributed by atoms with Crippen LogP contribution in [0.2, 0.25) is 0 Å². The van der Waals surface area contributed by atoms with Crippen molar-refractivity contribution in [2.75, 3.05) is 5.73 Å². The molecule has 0 radical (unpaired) electrons. The molecule has 3 aromatic rings. The number of benzene rings is 1. The van der Waals surface area contributed by atoms with Gasteiger partial charge in [-0.05, 0) is 41.7 Å². The summed E-state index contributed by atoms with van der Waals surface area (Å²) in [7, 11) is 0. The van der Waals surface area contributed by atoms with Crippen LogP contribution in [0.15, 0.2) is 43.0 Å². The van der Waals surface area contributed by atoms with E-state index in [0.29, 0.717) is 5.82 Å². The maximum atomic E-state index is 10.4. The van der Waals surface area contributed by atoms with Crippen molar-refractivity contribution in [2.45, 2.75) is 25.7 Å². The minimum atomic E-state index is -0.205. The molecule has 0 spiro atoms. The number of aromatic hydroxyl groups is 1. The van der Waals surface area contributed by atoms with E-state index in [4.69, 9.17) is 5.73 Å². The van der Waals surface area contributed by atoms with Gasteiger partial charge in [0.25, 0.3) is 0 Å². The Morgan fingerprint density at radius 2 is 1.91 bits per heavy atom. The number of hydrogen-bond acceptors (Lipinski definition) is 4. The molecule has 1 aromatic carbocycles. The first-order valence-electron chi connectivity index (χ1n) is 7.58. The van der Waals surface area contributed by atoms with Gasteiger partial charge in [0.2, 0.25) is 0 Å². The number of anilines is 1. The van der Waals surface area contributed by atoms with Crippen LogP contribution >= 0.6 is 0 Å². The van der Waals surface area contributed by atoms with Gasteiger partial charge in [0.15, 0.2) is 0 Å². The van der Waals surface area contributed by atoms with Crippen molar-refractivity contribution in [1.82, 2.24) is 14.5 Å². The fraction of sp³-hybridized carbons (Fsp3) is 0.222. The molecule has 1 aliphatic rings. The van der Waals surface area contributed by atoms with Gasteiger partial charge < -0.3 is 15.4 Å². The first-order valence-corrected chi connectivity index (χ1v) is 7.58. The topological polar surface area (TPSA) is 77.0 Å². The molecule has 2 aromatic heterocycles. The van der Waals surface area contributed by atoms with Crippen molar-refractivity contribution in [3.8, 4) is 22.7 Å². The molecule has 4 rings (SSSR count). The molecule has 1 aliphatic carbocycles. The molecule has 3 N–H and O–H groups in total. The van der Waals surface area contributed by atoms with Gasteiger partial charge in [0.1, 0.15) is 17.9 Å². The van der Waals surface area contributed by atoms with Gasteiger partial charge in [-0.3, -0.25) is 0 Å². The Hall–Kier alpha value is -2.82. The minimum Gasteiger partial charge on any atom is -0.506 e. The summed E-state index contributed by atoms with van der Waals surface area (Å²) in [4.78, 5) is 8.65. The third-order valence-electron chi connectivity index (χ3n) is 4.55. The maximum absolute atomic E-state index is 10.4. The number of aromatic nitrogens is 3. The fourth-order valence-corrected chi connectivity index (χ4v) is 3.60. The number of fused-ring (bicyclic) bond motifs is 3. The monoisotopic (exact) mass is 306 g/mol. The number of nitrogen functional groups attached to an aromatic ring is 1.